The maximum Gasteiger partial charge on any atom is 0.251 e. The van der Waals surface area contributed by atoms with E-state index in [0.29, 0.717) is 11.4 Å². The molecule has 0 aliphatic carbocycles. The Morgan fingerprint density at radius 2 is 2.06 bits per heavy atom. The van der Waals surface area contributed by atoms with Crippen molar-refractivity contribution in [1.82, 2.24) is 5.32 Å². The Balaban J connectivity index is 2.62. The van der Waals surface area contributed by atoms with Crippen LogP contribution in [0.5, 0.6) is 0 Å². The number of hydrogen-bond donors (Lipinski definition) is 1. The minimum Gasteiger partial charge on any atom is -0.349 e. The number of hydrogen-bond acceptors (Lipinski definition) is 2. The average molecular weight is 272 g/mol. The summed E-state index contributed by atoms with van der Waals surface area (Å²) in [5.41, 5.74) is 0.704. The lowest BCUT2D eigenvalue weighted by molar-refractivity contribution is 0.0935. The predicted octanol–water partition coefficient (Wildman–Crippen LogP) is 3.55. The number of amides is 1. The van der Waals surface area contributed by atoms with Crippen molar-refractivity contribution in [3.63, 3.8) is 0 Å². The van der Waals surface area contributed by atoms with Gasteiger partial charge in [0.1, 0.15) is 0 Å². The van der Waals surface area contributed by atoms with Crippen molar-refractivity contribution < 1.29 is 4.79 Å². The van der Waals surface area contributed by atoms with Crippen molar-refractivity contribution in [2.75, 3.05) is 12.1 Å². The summed E-state index contributed by atoms with van der Waals surface area (Å²) in [5, 5.41) is 2.99. The van der Waals surface area contributed by atoms with E-state index in [1.807, 2.05) is 37.4 Å². The first-order chi connectivity index (χ1) is 8.21. The number of halogens is 1. The number of carbonyl (C=O) groups is 1. The van der Waals surface area contributed by atoms with E-state index >= 15 is 0 Å². The van der Waals surface area contributed by atoms with Gasteiger partial charge >= 0.3 is 0 Å². The van der Waals surface area contributed by atoms with Gasteiger partial charge in [0.25, 0.3) is 5.91 Å². The zero-order valence-electron chi connectivity index (χ0n) is 10.2. The number of thioether (sulfide) groups is 1. The van der Waals surface area contributed by atoms with E-state index < -0.39 is 0 Å². The molecular formula is C13H18ClNOS. The van der Waals surface area contributed by atoms with Crippen molar-refractivity contribution >= 4 is 29.3 Å². The first-order valence-corrected chi connectivity index (χ1v) is 7.48. The zero-order valence-corrected chi connectivity index (χ0v) is 11.8. The van der Waals surface area contributed by atoms with Crippen LogP contribution in [0.25, 0.3) is 0 Å². The Bertz CT molecular complexity index is 353. The summed E-state index contributed by atoms with van der Waals surface area (Å²) in [6.07, 6.45) is 3.73. The van der Waals surface area contributed by atoms with E-state index in [9.17, 15) is 4.79 Å². The van der Waals surface area contributed by atoms with Gasteiger partial charge in [-0.25, -0.2) is 0 Å². The van der Waals surface area contributed by atoms with Crippen LogP contribution in [-0.2, 0) is 0 Å². The molecule has 1 amide bonds. The minimum atomic E-state index is -0.0189. The van der Waals surface area contributed by atoms with Crippen LogP contribution in [0.15, 0.2) is 29.2 Å². The molecule has 0 heterocycles. The van der Waals surface area contributed by atoms with E-state index in [-0.39, 0.29) is 11.9 Å². The van der Waals surface area contributed by atoms with Crippen LogP contribution in [0.2, 0.25) is 0 Å². The van der Waals surface area contributed by atoms with Gasteiger partial charge in [-0.3, -0.25) is 4.79 Å². The van der Waals surface area contributed by atoms with Gasteiger partial charge in [-0.05, 0) is 43.4 Å². The van der Waals surface area contributed by atoms with Crippen molar-refractivity contribution in [2.45, 2.75) is 30.7 Å². The molecular weight excluding hydrogens is 254 g/mol. The fourth-order valence-electron chi connectivity index (χ4n) is 1.52. The largest absolute Gasteiger partial charge is 0.349 e. The number of alkyl halides is 1. The second-order valence-electron chi connectivity index (χ2n) is 3.78. The molecule has 0 aliphatic heterocycles. The fourth-order valence-corrected chi connectivity index (χ4v) is 2.19. The van der Waals surface area contributed by atoms with Crippen LogP contribution in [0.1, 0.15) is 30.1 Å². The fraction of sp³-hybridized carbons (Fsp3) is 0.462. The van der Waals surface area contributed by atoms with Gasteiger partial charge in [0.05, 0.1) is 0 Å². The molecule has 0 fully saturated rings. The summed E-state index contributed by atoms with van der Waals surface area (Å²) in [7, 11) is 0. The third-order valence-electron chi connectivity index (χ3n) is 2.64. The summed E-state index contributed by atoms with van der Waals surface area (Å²) in [6.45, 7) is 2.05. The van der Waals surface area contributed by atoms with Gasteiger partial charge in [-0.1, -0.05) is 6.92 Å². The maximum atomic E-state index is 11.9. The maximum absolute atomic E-state index is 11.9. The number of nitrogens with one attached hydrogen (secondary N) is 1. The molecule has 0 aliphatic rings. The Labute approximate surface area is 112 Å². The van der Waals surface area contributed by atoms with Gasteiger partial charge in [-0.2, -0.15) is 0 Å². The van der Waals surface area contributed by atoms with Crippen LogP contribution >= 0.6 is 23.4 Å². The molecule has 1 unspecified atom stereocenters. The number of carbonyl (C=O) groups excluding carboxylic acids is 1. The van der Waals surface area contributed by atoms with Gasteiger partial charge in [0, 0.05) is 22.4 Å². The van der Waals surface area contributed by atoms with E-state index in [4.69, 9.17) is 11.6 Å². The molecule has 1 aromatic rings. The van der Waals surface area contributed by atoms with Gasteiger partial charge in [-0.15, -0.1) is 23.4 Å². The van der Waals surface area contributed by atoms with Crippen molar-refractivity contribution in [3.8, 4) is 0 Å². The van der Waals surface area contributed by atoms with Gasteiger partial charge in [0.15, 0.2) is 0 Å². The molecule has 0 saturated heterocycles. The quantitative estimate of drug-likeness (QED) is 0.633. The van der Waals surface area contributed by atoms with Crippen LogP contribution in [0, 0.1) is 0 Å². The molecule has 4 heteroatoms. The molecule has 0 spiro atoms. The zero-order chi connectivity index (χ0) is 12.7. The van der Waals surface area contributed by atoms with Crippen molar-refractivity contribution in [3.05, 3.63) is 29.8 Å². The van der Waals surface area contributed by atoms with Crippen LogP contribution in [0.3, 0.4) is 0 Å². The average Bonchev–Trinajstić information content (AvgIpc) is 2.38. The minimum absolute atomic E-state index is 0.0189. The molecule has 2 nitrogen and oxygen atoms in total. The topological polar surface area (TPSA) is 29.1 Å². The van der Waals surface area contributed by atoms with E-state index in [0.717, 1.165) is 17.7 Å². The van der Waals surface area contributed by atoms with Crippen molar-refractivity contribution in [1.29, 1.82) is 0 Å². The predicted molar refractivity (Wildman–Crippen MR) is 75.1 cm³/mol. The van der Waals surface area contributed by atoms with Gasteiger partial charge < -0.3 is 5.32 Å². The smallest absolute Gasteiger partial charge is 0.251 e. The monoisotopic (exact) mass is 271 g/mol. The molecule has 0 bridgehead atoms. The SMILES string of the molecule is CCC(CCCl)NC(=O)c1ccc(SC)cc1. The van der Waals surface area contributed by atoms with Crippen LogP contribution in [0.4, 0.5) is 0 Å². The summed E-state index contributed by atoms with van der Waals surface area (Å²) in [5.74, 6) is 0.555. The normalized spacial score (nSPS) is 12.2. The second kappa shape index (κ2) is 7.62. The van der Waals surface area contributed by atoms with Crippen LogP contribution in [-0.4, -0.2) is 24.1 Å². The number of benzene rings is 1. The van der Waals surface area contributed by atoms with E-state index in [1.54, 1.807) is 11.8 Å². The second-order valence-corrected chi connectivity index (χ2v) is 5.04. The number of rotatable bonds is 6. The summed E-state index contributed by atoms with van der Waals surface area (Å²) in [4.78, 5) is 13.1. The van der Waals surface area contributed by atoms with Gasteiger partial charge in [0.2, 0.25) is 0 Å². The lowest BCUT2D eigenvalue weighted by Gasteiger charge is -2.15. The molecule has 94 valence electrons. The molecule has 1 rings (SSSR count). The molecule has 1 aromatic carbocycles. The first-order valence-electron chi connectivity index (χ1n) is 5.72. The third kappa shape index (κ3) is 4.60. The van der Waals surface area contributed by atoms with E-state index in [2.05, 4.69) is 5.32 Å². The van der Waals surface area contributed by atoms with Crippen molar-refractivity contribution in [2.24, 2.45) is 0 Å². The van der Waals surface area contributed by atoms with E-state index in [1.165, 1.54) is 0 Å². The Kier molecular flexibility index (Phi) is 6.45. The Morgan fingerprint density at radius 3 is 2.53 bits per heavy atom. The highest BCUT2D eigenvalue weighted by atomic mass is 35.5. The lowest BCUT2D eigenvalue weighted by atomic mass is 10.1. The molecule has 1 atom stereocenters. The third-order valence-corrected chi connectivity index (χ3v) is 3.60. The first kappa shape index (κ1) is 14.4. The summed E-state index contributed by atoms with van der Waals surface area (Å²) in [6, 6.07) is 7.80. The standard InChI is InChI=1S/C13H18ClNOS/c1-3-11(8-9-14)15-13(16)10-4-6-12(17-2)7-5-10/h4-7,11H,3,8-9H2,1-2H3,(H,15,16). The van der Waals surface area contributed by atoms with Crippen LogP contribution < -0.4 is 5.32 Å². The highest BCUT2D eigenvalue weighted by molar-refractivity contribution is 7.98. The molecule has 0 saturated carbocycles. The highest BCUT2D eigenvalue weighted by Crippen LogP contribution is 2.15. The lowest BCUT2D eigenvalue weighted by Crippen LogP contribution is -2.34. The Morgan fingerprint density at radius 1 is 1.41 bits per heavy atom. The summed E-state index contributed by atoms with van der Waals surface area (Å²) >= 11 is 7.36. The Hall–Kier alpha value is -0.670. The molecule has 0 aromatic heterocycles. The highest BCUT2D eigenvalue weighted by Gasteiger charge is 2.11. The molecule has 0 radical (unpaired) electrons. The summed E-state index contributed by atoms with van der Waals surface area (Å²) < 4.78 is 0. The molecule has 1 N–H and O–H groups in total. The molecule has 17 heavy (non-hydrogen) atoms.